The average molecular weight is 598 g/mol. The van der Waals surface area contributed by atoms with Gasteiger partial charge in [0.25, 0.3) is 0 Å². The first-order valence-corrected chi connectivity index (χ1v) is 16.0. The maximum absolute atomic E-state index is 5.19. The Hall–Kier alpha value is -6.32. The third-order valence-corrected chi connectivity index (χ3v) is 9.55. The molecule has 3 nitrogen and oxygen atoms in total. The summed E-state index contributed by atoms with van der Waals surface area (Å²) in [7, 11) is 0. The van der Waals surface area contributed by atoms with E-state index >= 15 is 0 Å². The number of hydrogen-bond acceptors (Lipinski definition) is 2. The zero-order chi connectivity index (χ0) is 30.9. The first kappa shape index (κ1) is 26.0. The Bertz CT molecular complexity index is 2790. The molecule has 0 spiro atoms. The van der Waals surface area contributed by atoms with Crippen LogP contribution in [0.3, 0.4) is 0 Å². The zero-order valence-corrected chi connectivity index (χ0v) is 25.4. The van der Waals surface area contributed by atoms with Crippen LogP contribution >= 0.6 is 0 Å². The minimum absolute atomic E-state index is 0.889. The fourth-order valence-corrected chi connectivity index (χ4v) is 7.42. The summed E-state index contributed by atoms with van der Waals surface area (Å²) in [5.74, 6) is 0.889. The highest BCUT2D eigenvalue weighted by molar-refractivity contribution is 6.21. The highest BCUT2D eigenvalue weighted by atomic mass is 15.1. The molecular formula is C44H27N3. The summed E-state index contributed by atoms with van der Waals surface area (Å²) < 4.78 is 2.20. The van der Waals surface area contributed by atoms with Crippen molar-refractivity contribution in [3.63, 3.8) is 0 Å². The predicted octanol–water partition coefficient (Wildman–Crippen LogP) is 11.5. The van der Waals surface area contributed by atoms with Crippen molar-refractivity contribution < 1.29 is 0 Å². The molecule has 0 saturated heterocycles. The Labute approximate surface area is 271 Å². The van der Waals surface area contributed by atoms with Crippen LogP contribution in [0, 0.1) is 0 Å². The Morgan fingerprint density at radius 3 is 1.57 bits per heavy atom. The number of nitrogens with zero attached hydrogens (tertiary/aromatic N) is 3. The van der Waals surface area contributed by atoms with Gasteiger partial charge in [-0.2, -0.15) is 0 Å². The van der Waals surface area contributed by atoms with Gasteiger partial charge in [-0.05, 0) is 84.9 Å². The fraction of sp³-hybridized carbons (Fsp3) is 0. The van der Waals surface area contributed by atoms with Gasteiger partial charge < -0.3 is 0 Å². The normalized spacial score (nSPS) is 11.8. The molecule has 2 aromatic heterocycles. The monoisotopic (exact) mass is 597 g/mol. The van der Waals surface area contributed by atoms with E-state index in [1.165, 1.54) is 54.6 Å². The van der Waals surface area contributed by atoms with Gasteiger partial charge in [0.05, 0.1) is 16.6 Å². The van der Waals surface area contributed by atoms with Gasteiger partial charge in [-0.15, -0.1) is 0 Å². The molecule has 0 amide bonds. The van der Waals surface area contributed by atoms with E-state index in [9.17, 15) is 0 Å². The number of fused-ring (bicyclic) bond motifs is 8. The zero-order valence-electron chi connectivity index (χ0n) is 25.4. The van der Waals surface area contributed by atoms with Crippen LogP contribution in [0.4, 0.5) is 0 Å². The average Bonchev–Trinajstić information content (AvgIpc) is 3.54. The molecule has 2 heterocycles. The van der Waals surface area contributed by atoms with Gasteiger partial charge in [-0.25, -0.2) is 9.97 Å². The molecule has 0 aliphatic carbocycles. The molecule has 0 N–H and O–H groups in total. The first-order valence-electron chi connectivity index (χ1n) is 16.0. The molecule has 10 rings (SSSR count). The van der Waals surface area contributed by atoms with E-state index in [4.69, 9.17) is 9.97 Å². The molecule has 0 saturated carbocycles. The summed E-state index contributed by atoms with van der Waals surface area (Å²) in [4.78, 5) is 10.2. The van der Waals surface area contributed by atoms with Crippen LogP contribution in [0.5, 0.6) is 0 Å². The lowest BCUT2D eigenvalue weighted by atomic mass is 9.85. The van der Waals surface area contributed by atoms with Gasteiger partial charge in [0.1, 0.15) is 11.5 Å². The Balaban J connectivity index is 1.20. The summed E-state index contributed by atoms with van der Waals surface area (Å²) >= 11 is 0. The minimum Gasteiger partial charge on any atom is -0.276 e. The lowest BCUT2D eigenvalue weighted by Crippen LogP contribution is -1.98. The SMILES string of the molecule is c1ccc2cc(-c3c4ccccc4c(-c4ccc(-c5nc6ccccc6c6nc7ccccc7n56)cc4)c4ccccc34)ccc2c1. The quantitative estimate of drug-likeness (QED) is 0.190. The van der Waals surface area contributed by atoms with Crippen molar-refractivity contribution >= 4 is 59.9 Å². The van der Waals surface area contributed by atoms with Gasteiger partial charge in [-0.3, -0.25) is 4.40 Å². The first-order chi connectivity index (χ1) is 23.3. The molecule has 0 aliphatic heterocycles. The van der Waals surface area contributed by atoms with Crippen LogP contribution in [-0.4, -0.2) is 14.4 Å². The van der Waals surface area contributed by atoms with Crippen molar-refractivity contribution in [3.8, 4) is 33.6 Å². The van der Waals surface area contributed by atoms with Gasteiger partial charge in [0.15, 0.2) is 0 Å². The maximum Gasteiger partial charge on any atom is 0.149 e. The van der Waals surface area contributed by atoms with E-state index in [-0.39, 0.29) is 0 Å². The summed E-state index contributed by atoms with van der Waals surface area (Å²) in [5.41, 5.74) is 9.88. The van der Waals surface area contributed by atoms with Crippen LogP contribution in [0.1, 0.15) is 0 Å². The third kappa shape index (κ3) is 3.93. The van der Waals surface area contributed by atoms with Crippen LogP contribution in [0.2, 0.25) is 0 Å². The minimum atomic E-state index is 0.889. The lowest BCUT2D eigenvalue weighted by Gasteiger charge is -2.18. The second kappa shape index (κ2) is 10.1. The molecule has 0 aliphatic rings. The number of rotatable bonds is 3. The topological polar surface area (TPSA) is 30.2 Å². The van der Waals surface area contributed by atoms with Crippen molar-refractivity contribution in [2.24, 2.45) is 0 Å². The van der Waals surface area contributed by atoms with Crippen molar-refractivity contribution in [3.05, 3.63) is 164 Å². The molecule has 0 atom stereocenters. The van der Waals surface area contributed by atoms with Crippen LogP contribution < -0.4 is 0 Å². The third-order valence-electron chi connectivity index (χ3n) is 9.55. The summed E-state index contributed by atoms with van der Waals surface area (Å²) in [6, 6.07) is 58.6. The Morgan fingerprint density at radius 1 is 0.362 bits per heavy atom. The molecule has 218 valence electrons. The number of imidazole rings is 1. The smallest absolute Gasteiger partial charge is 0.149 e. The molecule has 3 heteroatoms. The number of para-hydroxylation sites is 3. The van der Waals surface area contributed by atoms with E-state index in [2.05, 4.69) is 156 Å². The molecule has 0 radical (unpaired) electrons. The highest BCUT2D eigenvalue weighted by Gasteiger charge is 2.18. The van der Waals surface area contributed by atoms with Crippen molar-refractivity contribution in [1.82, 2.24) is 14.4 Å². The van der Waals surface area contributed by atoms with Crippen molar-refractivity contribution in [2.75, 3.05) is 0 Å². The van der Waals surface area contributed by atoms with E-state index in [0.29, 0.717) is 0 Å². The van der Waals surface area contributed by atoms with Crippen LogP contribution in [0.15, 0.2) is 164 Å². The lowest BCUT2D eigenvalue weighted by molar-refractivity contribution is 1.16. The Kier molecular flexibility index (Phi) is 5.57. The summed E-state index contributed by atoms with van der Waals surface area (Å²) in [5, 5.41) is 8.55. The van der Waals surface area contributed by atoms with Gasteiger partial charge in [0.2, 0.25) is 0 Å². The van der Waals surface area contributed by atoms with E-state index in [0.717, 1.165) is 39.0 Å². The summed E-state index contributed by atoms with van der Waals surface area (Å²) in [6.07, 6.45) is 0. The van der Waals surface area contributed by atoms with Crippen molar-refractivity contribution in [1.29, 1.82) is 0 Å². The molecule has 0 bridgehead atoms. The van der Waals surface area contributed by atoms with Gasteiger partial charge >= 0.3 is 0 Å². The van der Waals surface area contributed by atoms with Crippen molar-refractivity contribution in [2.45, 2.75) is 0 Å². The van der Waals surface area contributed by atoms with Crippen LogP contribution in [0.25, 0.3) is 93.5 Å². The van der Waals surface area contributed by atoms with E-state index in [1.54, 1.807) is 0 Å². The van der Waals surface area contributed by atoms with Crippen LogP contribution in [-0.2, 0) is 0 Å². The second-order valence-corrected chi connectivity index (χ2v) is 12.2. The molecule has 10 aromatic rings. The number of hydrogen-bond donors (Lipinski definition) is 0. The second-order valence-electron chi connectivity index (χ2n) is 12.2. The number of benzene rings is 8. The summed E-state index contributed by atoms with van der Waals surface area (Å²) in [6.45, 7) is 0. The maximum atomic E-state index is 5.19. The standard InChI is InChI=1S/C44H27N3/c1-2-12-31-27-32(26-21-28(31)11-1)42-35-15-5-3-13-33(35)41(34-14-4-6-16-36(34)42)29-22-24-30(25-23-29)43-45-38-18-8-7-17-37(38)44-46-39-19-9-10-20-40(39)47(43)44/h1-27H. The molecule has 0 unspecified atom stereocenters. The molecule has 0 fully saturated rings. The molecule has 47 heavy (non-hydrogen) atoms. The van der Waals surface area contributed by atoms with Gasteiger partial charge in [0, 0.05) is 10.9 Å². The van der Waals surface area contributed by atoms with E-state index in [1.807, 2.05) is 12.1 Å². The van der Waals surface area contributed by atoms with Gasteiger partial charge in [-0.1, -0.05) is 133 Å². The molecule has 8 aromatic carbocycles. The molecular weight excluding hydrogens is 571 g/mol. The van der Waals surface area contributed by atoms with E-state index < -0.39 is 0 Å². The fourth-order valence-electron chi connectivity index (χ4n) is 7.42. The largest absolute Gasteiger partial charge is 0.276 e. The number of aromatic nitrogens is 3. The Morgan fingerprint density at radius 2 is 0.872 bits per heavy atom. The predicted molar refractivity (Wildman–Crippen MR) is 197 cm³/mol. The highest BCUT2D eigenvalue weighted by Crippen LogP contribution is 2.44.